The molecule has 1 N–H and O–H groups in total. The molecule has 1 atom stereocenters. The number of nitrogens with zero attached hydrogens (tertiary/aromatic N) is 4. The van der Waals surface area contributed by atoms with Crippen molar-refractivity contribution in [1.29, 1.82) is 0 Å². The van der Waals surface area contributed by atoms with Gasteiger partial charge in [-0.3, -0.25) is 9.97 Å². The summed E-state index contributed by atoms with van der Waals surface area (Å²) in [7, 11) is 0. The number of hydrogen-bond donors (Lipinski definition) is 1. The van der Waals surface area contributed by atoms with E-state index in [4.69, 9.17) is 4.74 Å². The van der Waals surface area contributed by atoms with Crippen molar-refractivity contribution in [1.82, 2.24) is 19.9 Å². The molecule has 6 nitrogen and oxygen atoms in total. The van der Waals surface area contributed by atoms with Crippen LogP contribution in [0.4, 0.5) is 5.95 Å². The van der Waals surface area contributed by atoms with E-state index in [1.54, 1.807) is 24.8 Å². The van der Waals surface area contributed by atoms with Gasteiger partial charge in [0.05, 0.1) is 17.6 Å². The highest BCUT2D eigenvalue weighted by Crippen LogP contribution is 2.33. The van der Waals surface area contributed by atoms with Gasteiger partial charge in [0.15, 0.2) is 0 Å². The maximum absolute atomic E-state index is 5.79. The maximum atomic E-state index is 5.79. The standard InChI is InChI=1S/C15H19N5O/c1-10(2)19-15-18-8-11(12-9-16-5-6-17-12)14(20-15)13-4-3-7-21-13/h5-6,8-10,13H,3-4,7H2,1-2H3,(H,18,19,20). The summed E-state index contributed by atoms with van der Waals surface area (Å²) in [6.07, 6.45) is 8.91. The molecule has 0 bridgehead atoms. The molecule has 1 aliphatic rings. The molecule has 1 saturated heterocycles. The van der Waals surface area contributed by atoms with Gasteiger partial charge in [-0.15, -0.1) is 0 Å². The second kappa shape index (κ2) is 6.13. The lowest BCUT2D eigenvalue weighted by molar-refractivity contribution is 0.109. The minimum absolute atomic E-state index is 0.0118. The van der Waals surface area contributed by atoms with Gasteiger partial charge in [-0.2, -0.15) is 0 Å². The molecule has 21 heavy (non-hydrogen) atoms. The minimum atomic E-state index is 0.0118. The van der Waals surface area contributed by atoms with Crippen LogP contribution in [0.3, 0.4) is 0 Å². The summed E-state index contributed by atoms with van der Waals surface area (Å²) in [5.74, 6) is 0.628. The van der Waals surface area contributed by atoms with Gasteiger partial charge in [0.25, 0.3) is 0 Å². The van der Waals surface area contributed by atoms with Gasteiger partial charge >= 0.3 is 0 Å². The average Bonchev–Trinajstić information content (AvgIpc) is 3.01. The van der Waals surface area contributed by atoms with E-state index in [0.717, 1.165) is 36.4 Å². The second-order valence-corrected chi connectivity index (χ2v) is 5.38. The van der Waals surface area contributed by atoms with Gasteiger partial charge in [-0.05, 0) is 26.7 Å². The van der Waals surface area contributed by atoms with E-state index in [-0.39, 0.29) is 12.1 Å². The maximum Gasteiger partial charge on any atom is 0.223 e. The molecule has 0 amide bonds. The Morgan fingerprint density at radius 1 is 1.24 bits per heavy atom. The number of aromatic nitrogens is 4. The first-order valence-corrected chi connectivity index (χ1v) is 7.25. The Balaban J connectivity index is 2.02. The van der Waals surface area contributed by atoms with Crippen LogP contribution in [-0.4, -0.2) is 32.6 Å². The molecular weight excluding hydrogens is 266 g/mol. The average molecular weight is 285 g/mol. The van der Waals surface area contributed by atoms with Crippen molar-refractivity contribution in [3.05, 3.63) is 30.5 Å². The van der Waals surface area contributed by atoms with Gasteiger partial charge in [0, 0.05) is 36.8 Å². The molecule has 110 valence electrons. The lowest BCUT2D eigenvalue weighted by atomic mass is 10.1. The van der Waals surface area contributed by atoms with Crippen LogP contribution in [0.2, 0.25) is 0 Å². The topological polar surface area (TPSA) is 72.8 Å². The van der Waals surface area contributed by atoms with E-state index >= 15 is 0 Å². The predicted molar refractivity (Wildman–Crippen MR) is 79.7 cm³/mol. The van der Waals surface area contributed by atoms with Crippen molar-refractivity contribution < 1.29 is 4.74 Å². The molecule has 6 heteroatoms. The molecule has 3 rings (SSSR count). The highest BCUT2D eigenvalue weighted by Gasteiger charge is 2.24. The van der Waals surface area contributed by atoms with Gasteiger partial charge in [-0.25, -0.2) is 9.97 Å². The third kappa shape index (κ3) is 3.16. The van der Waals surface area contributed by atoms with Crippen molar-refractivity contribution in [3.8, 4) is 11.3 Å². The largest absolute Gasteiger partial charge is 0.372 e. The van der Waals surface area contributed by atoms with Crippen LogP contribution in [0.25, 0.3) is 11.3 Å². The number of ether oxygens (including phenoxy) is 1. The van der Waals surface area contributed by atoms with Gasteiger partial charge in [-0.1, -0.05) is 0 Å². The zero-order valence-corrected chi connectivity index (χ0v) is 12.3. The molecule has 3 heterocycles. The lowest BCUT2D eigenvalue weighted by Gasteiger charge is -2.16. The van der Waals surface area contributed by atoms with Crippen LogP contribution in [0.5, 0.6) is 0 Å². The highest BCUT2D eigenvalue weighted by atomic mass is 16.5. The van der Waals surface area contributed by atoms with E-state index in [1.807, 2.05) is 0 Å². The summed E-state index contributed by atoms with van der Waals surface area (Å²) < 4.78 is 5.79. The van der Waals surface area contributed by atoms with Crippen LogP contribution in [-0.2, 0) is 4.74 Å². The summed E-state index contributed by atoms with van der Waals surface area (Å²) in [6, 6.07) is 0.282. The zero-order chi connectivity index (χ0) is 14.7. The first-order chi connectivity index (χ1) is 10.2. The SMILES string of the molecule is CC(C)Nc1ncc(-c2cnccn2)c(C2CCCO2)n1. The van der Waals surface area contributed by atoms with Crippen LogP contribution in [0, 0.1) is 0 Å². The van der Waals surface area contributed by atoms with E-state index < -0.39 is 0 Å². The fourth-order valence-electron chi connectivity index (χ4n) is 2.40. The molecule has 1 unspecified atom stereocenters. The minimum Gasteiger partial charge on any atom is -0.372 e. The van der Waals surface area contributed by atoms with Crippen LogP contribution >= 0.6 is 0 Å². The first-order valence-electron chi connectivity index (χ1n) is 7.25. The second-order valence-electron chi connectivity index (χ2n) is 5.38. The molecule has 0 aromatic carbocycles. The monoisotopic (exact) mass is 285 g/mol. The van der Waals surface area contributed by atoms with Crippen molar-refractivity contribution >= 4 is 5.95 Å². The Morgan fingerprint density at radius 2 is 2.14 bits per heavy atom. The third-order valence-electron chi connectivity index (χ3n) is 3.31. The Labute approximate surface area is 124 Å². The van der Waals surface area contributed by atoms with Gasteiger partial charge in [0.2, 0.25) is 5.95 Å². The first kappa shape index (κ1) is 13.9. The Morgan fingerprint density at radius 3 is 2.81 bits per heavy atom. The van der Waals surface area contributed by atoms with Crippen LogP contribution in [0.15, 0.2) is 24.8 Å². The number of rotatable bonds is 4. The highest BCUT2D eigenvalue weighted by molar-refractivity contribution is 5.61. The van der Waals surface area contributed by atoms with E-state index in [2.05, 4.69) is 39.1 Å². The molecular formula is C15H19N5O. The molecule has 0 spiro atoms. The summed E-state index contributed by atoms with van der Waals surface area (Å²) in [4.78, 5) is 17.5. The van der Waals surface area contributed by atoms with Crippen molar-refractivity contribution in [2.75, 3.05) is 11.9 Å². The normalized spacial score (nSPS) is 18.1. The number of anilines is 1. The number of hydrogen-bond acceptors (Lipinski definition) is 6. The van der Waals surface area contributed by atoms with Crippen molar-refractivity contribution in [3.63, 3.8) is 0 Å². The summed E-state index contributed by atoms with van der Waals surface area (Å²) in [5.41, 5.74) is 2.56. The molecule has 0 aliphatic carbocycles. The number of nitrogens with one attached hydrogen (secondary N) is 1. The fourth-order valence-corrected chi connectivity index (χ4v) is 2.40. The van der Waals surface area contributed by atoms with E-state index in [1.165, 1.54) is 0 Å². The molecule has 2 aromatic rings. The Hall–Kier alpha value is -2.08. The lowest BCUT2D eigenvalue weighted by Crippen LogP contribution is -2.14. The van der Waals surface area contributed by atoms with Crippen molar-refractivity contribution in [2.45, 2.75) is 38.8 Å². The summed E-state index contributed by atoms with van der Waals surface area (Å²) in [6.45, 7) is 4.90. The third-order valence-corrected chi connectivity index (χ3v) is 3.31. The van der Waals surface area contributed by atoms with Gasteiger partial charge < -0.3 is 10.1 Å². The zero-order valence-electron chi connectivity index (χ0n) is 12.3. The van der Waals surface area contributed by atoms with E-state index in [0.29, 0.717) is 5.95 Å². The smallest absolute Gasteiger partial charge is 0.223 e. The van der Waals surface area contributed by atoms with Gasteiger partial charge in [0.1, 0.15) is 6.10 Å². The molecule has 2 aromatic heterocycles. The molecule has 1 aliphatic heterocycles. The molecule has 0 saturated carbocycles. The molecule has 0 radical (unpaired) electrons. The summed E-state index contributed by atoms with van der Waals surface area (Å²) >= 11 is 0. The predicted octanol–water partition coefficient (Wildman–Crippen LogP) is 2.61. The fraction of sp³-hybridized carbons (Fsp3) is 0.467. The molecule has 1 fully saturated rings. The Bertz CT molecular complexity index is 596. The van der Waals surface area contributed by atoms with Crippen LogP contribution < -0.4 is 5.32 Å². The summed E-state index contributed by atoms with van der Waals surface area (Å²) in [5, 5.41) is 3.23. The van der Waals surface area contributed by atoms with E-state index in [9.17, 15) is 0 Å². The van der Waals surface area contributed by atoms with Crippen molar-refractivity contribution in [2.24, 2.45) is 0 Å². The van der Waals surface area contributed by atoms with Crippen LogP contribution in [0.1, 0.15) is 38.5 Å². The quantitative estimate of drug-likeness (QED) is 0.931. The Kier molecular flexibility index (Phi) is 4.06.